The van der Waals surface area contributed by atoms with E-state index in [-0.39, 0.29) is 11.5 Å². The predicted octanol–water partition coefficient (Wildman–Crippen LogP) is 3.06. The van der Waals surface area contributed by atoms with Crippen molar-refractivity contribution in [2.75, 3.05) is 5.32 Å². The summed E-state index contributed by atoms with van der Waals surface area (Å²) in [5.74, 6) is -0.271. The first-order chi connectivity index (χ1) is 12.5. The fourth-order valence-corrected chi connectivity index (χ4v) is 3.11. The van der Waals surface area contributed by atoms with E-state index in [9.17, 15) is 9.59 Å². The van der Waals surface area contributed by atoms with E-state index >= 15 is 0 Å². The fraction of sp³-hybridized carbons (Fsp3) is 0.150. The number of aromatic nitrogens is 3. The van der Waals surface area contributed by atoms with E-state index in [1.54, 1.807) is 36.0 Å². The minimum atomic E-state index is -0.271. The Balaban J connectivity index is 1.84. The van der Waals surface area contributed by atoms with Gasteiger partial charge in [-0.25, -0.2) is 4.98 Å². The van der Waals surface area contributed by atoms with Crippen LogP contribution in [0.2, 0.25) is 0 Å². The Morgan fingerprint density at radius 2 is 1.92 bits per heavy atom. The summed E-state index contributed by atoms with van der Waals surface area (Å²) in [5, 5.41) is 3.35. The maximum absolute atomic E-state index is 12.8. The van der Waals surface area contributed by atoms with Crippen molar-refractivity contribution in [3.8, 4) is 0 Å². The lowest BCUT2D eigenvalue weighted by atomic mass is 10.1. The summed E-state index contributed by atoms with van der Waals surface area (Å²) >= 11 is 0. The molecule has 0 aliphatic rings. The van der Waals surface area contributed by atoms with Gasteiger partial charge in [-0.2, -0.15) is 0 Å². The molecule has 6 heteroatoms. The van der Waals surface area contributed by atoms with Gasteiger partial charge < -0.3 is 9.88 Å². The maximum atomic E-state index is 12.8. The normalized spacial score (nSPS) is 11.2. The second-order valence-corrected chi connectivity index (χ2v) is 6.37. The first kappa shape index (κ1) is 16.1. The number of anilines is 1. The molecule has 130 valence electrons. The zero-order valence-electron chi connectivity index (χ0n) is 14.8. The number of benzene rings is 1. The van der Waals surface area contributed by atoms with Crippen molar-refractivity contribution in [2.24, 2.45) is 7.05 Å². The Morgan fingerprint density at radius 3 is 2.73 bits per heavy atom. The van der Waals surface area contributed by atoms with Crippen LogP contribution in [-0.2, 0) is 7.05 Å². The highest BCUT2D eigenvalue weighted by Gasteiger charge is 2.18. The molecule has 1 amide bonds. The van der Waals surface area contributed by atoms with Gasteiger partial charge in [0.05, 0.1) is 5.39 Å². The number of nitrogens with zero attached hydrogens (tertiary/aromatic N) is 3. The molecule has 0 aliphatic carbocycles. The first-order valence-corrected chi connectivity index (χ1v) is 8.32. The van der Waals surface area contributed by atoms with Crippen LogP contribution in [0.25, 0.3) is 16.7 Å². The van der Waals surface area contributed by atoms with E-state index in [1.807, 2.05) is 38.1 Å². The zero-order valence-corrected chi connectivity index (χ0v) is 14.8. The molecule has 1 aromatic carbocycles. The van der Waals surface area contributed by atoms with Crippen molar-refractivity contribution in [1.29, 1.82) is 0 Å². The van der Waals surface area contributed by atoms with E-state index in [4.69, 9.17) is 0 Å². The largest absolute Gasteiger partial charge is 0.324 e. The molecule has 0 unspecified atom stereocenters. The van der Waals surface area contributed by atoms with Crippen molar-refractivity contribution < 1.29 is 4.79 Å². The van der Waals surface area contributed by atoms with E-state index < -0.39 is 0 Å². The van der Waals surface area contributed by atoms with Crippen LogP contribution in [0.4, 0.5) is 5.69 Å². The molecular weight excluding hydrogens is 328 g/mol. The van der Waals surface area contributed by atoms with Crippen LogP contribution >= 0.6 is 0 Å². The Hall–Kier alpha value is -3.41. The van der Waals surface area contributed by atoms with Crippen LogP contribution in [0, 0.1) is 13.8 Å². The summed E-state index contributed by atoms with van der Waals surface area (Å²) in [6.07, 6.45) is 1.67. The predicted molar refractivity (Wildman–Crippen MR) is 102 cm³/mol. The zero-order chi connectivity index (χ0) is 18.4. The number of nitrogens with one attached hydrogen (secondary N) is 1. The second-order valence-electron chi connectivity index (χ2n) is 6.37. The Labute approximate surface area is 149 Å². The molecule has 0 saturated carbocycles. The third-order valence-electron chi connectivity index (χ3n) is 4.79. The highest BCUT2D eigenvalue weighted by atomic mass is 16.2. The molecule has 3 aromatic heterocycles. The van der Waals surface area contributed by atoms with E-state index in [1.165, 1.54) is 4.40 Å². The molecule has 0 bridgehead atoms. The summed E-state index contributed by atoms with van der Waals surface area (Å²) in [5.41, 5.74) is 4.12. The number of carbonyl (C=O) groups is 1. The van der Waals surface area contributed by atoms with Crippen molar-refractivity contribution in [3.63, 3.8) is 0 Å². The third-order valence-corrected chi connectivity index (χ3v) is 4.79. The second kappa shape index (κ2) is 5.84. The minimum Gasteiger partial charge on any atom is -0.324 e. The lowest BCUT2D eigenvalue weighted by Crippen LogP contribution is -2.16. The van der Waals surface area contributed by atoms with Crippen molar-refractivity contribution in [2.45, 2.75) is 13.8 Å². The van der Waals surface area contributed by atoms with Crippen molar-refractivity contribution >= 4 is 28.3 Å². The van der Waals surface area contributed by atoms with Gasteiger partial charge in [0.25, 0.3) is 11.5 Å². The highest BCUT2D eigenvalue weighted by molar-refractivity contribution is 6.06. The van der Waals surface area contributed by atoms with Gasteiger partial charge in [-0.15, -0.1) is 0 Å². The van der Waals surface area contributed by atoms with Gasteiger partial charge in [-0.05, 0) is 49.2 Å². The molecule has 3 heterocycles. The average Bonchev–Trinajstić information content (AvgIpc) is 2.96. The Morgan fingerprint density at radius 1 is 1.12 bits per heavy atom. The smallest absolute Gasteiger partial charge is 0.272 e. The lowest BCUT2D eigenvalue weighted by molar-refractivity contribution is 0.101. The van der Waals surface area contributed by atoms with Gasteiger partial charge >= 0.3 is 0 Å². The van der Waals surface area contributed by atoms with Crippen LogP contribution in [0.5, 0.6) is 0 Å². The van der Waals surface area contributed by atoms with Crippen molar-refractivity contribution in [3.05, 3.63) is 75.8 Å². The number of carbonyl (C=O) groups excluding carboxylic acids is 1. The molecule has 0 radical (unpaired) electrons. The SMILES string of the molecule is Cc1cccc(NC(=O)c2cc3c(=O)n4ccccc4nc3n2C)c1C. The summed E-state index contributed by atoms with van der Waals surface area (Å²) in [6.45, 7) is 3.96. The van der Waals surface area contributed by atoms with Crippen LogP contribution < -0.4 is 10.9 Å². The number of amides is 1. The van der Waals surface area contributed by atoms with E-state index in [0.717, 1.165) is 16.8 Å². The molecule has 0 fully saturated rings. The van der Waals surface area contributed by atoms with Crippen LogP contribution in [-0.4, -0.2) is 19.9 Å². The van der Waals surface area contributed by atoms with Gasteiger partial charge in [0, 0.05) is 18.9 Å². The molecule has 4 rings (SSSR count). The summed E-state index contributed by atoms with van der Waals surface area (Å²) in [6, 6.07) is 12.7. The molecular formula is C20H18N4O2. The van der Waals surface area contributed by atoms with Crippen LogP contribution in [0.15, 0.2) is 53.5 Å². The highest BCUT2D eigenvalue weighted by Crippen LogP contribution is 2.20. The molecule has 4 aromatic rings. The third kappa shape index (κ3) is 2.38. The molecule has 0 atom stereocenters. The first-order valence-electron chi connectivity index (χ1n) is 8.32. The summed E-state index contributed by atoms with van der Waals surface area (Å²) in [4.78, 5) is 30.0. The van der Waals surface area contributed by atoms with Gasteiger partial charge in [-0.1, -0.05) is 18.2 Å². The van der Waals surface area contributed by atoms with Crippen LogP contribution in [0.1, 0.15) is 21.6 Å². The monoisotopic (exact) mass is 346 g/mol. The van der Waals surface area contributed by atoms with Gasteiger partial charge in [0.1, 0.15) is 17.0 Å². The molecule has 6 nitrogen and oxygen atoms in total. The topological polar surface area (TPSA) is 68.4 Å². The fourth-order valence-electron chi connectivity index (χ4n) is 3.11. The Bertz CT molecular complexity index is 1230. The number of hydrogen-bond acceptors (Lipinski definition) is 3. The Kier molecular flexibility index (Phi) is 3.61. The number of aryl methyl sites for hydroxylation is 2. The average molecular weight is 346 g/mol. The number of rotatable bonds is 2. The van der Waals surface area contributed by atoms with E-state index in [0.29, 0.717) is 22.4 Å². The quantitative estimate of drug-likeness (QED) is 0.606. The lowest BCUT2D eigenvalue weighted by Gasteiger charge is -2.10. The molecule has 1 N–H and O–H groups in total. The maximum Gasteiger partial charge on any atom is 0.272 e. The minimum absolute atomic E-state index is 0.188. The molecule has 0 aliphatic heterocycles. The number of fused-ring (bicyclic) bond motifs is 2. The molecule has 0 spiro atoms. The standard InChI is InChI=1S/C20H18N4O2/c1-12-7-6-8-15(13(12)2)21-19(25)16-11-14-18(23(16)3)22-17-9-4-5-10-24(17)20(14)26/h4-11H,1-3H3,(H,21,25). The summed E-state index contributed by atoms with van der Waals surface area (Å²) in [7, 11) is 1.74. The molecule has 0 saturated heterocycles. The van der Waals surface area contributed by atoms with Crippen molar-refractivity contribution in [1.82, 2.24) is 14.0 Å². The van der Waals surface area contributed by atoms with Gasteiger partial charge in [-0.3, -0.25) is 14.0 Å². The van der Waals surface area contributed by atoms with Gasteiger partial charge in [0.15, 0.2) is 0 Å². The summed E-state index contributed by atoms with van der Waals surface area (Å²) < 4.78 is 3.14. The van der Waals surface area contributed by atoms with Gasteiger partial charge in [0.2, 0.25) is 0 Å². The number of hydrogen-bond donors (Lipinski definition) is 1. The van der Waals surface area contributed by atoms with Crippen LogP contribution in [0.3, 0.4) is 0 Å². The molecule has 26 heavy (non-hydrogen) atoms. The number of pyridine rings is 1. The van der Waals surface area contributed by atoms with E-state index in [2.05, 4.69) is 10.3 Å².